The van der Waals surface area contributed by atoms with Crippen molar-refractivity contribution in [2.24, 2.45) is 0 Å². The topological polar surface area (TPSA) is 98.0 Å². The van der Waals surface area contributed by atoms with Crippen LogP contribution >= 0.6 is 0 Å². The molecule has 0 saturated carbocycles. The zero-order valence-electron chi connectivity index (χ0n) is 18.2. The Morgan fingerprint density at radius 3 is 1.54 bits per heavy atom. The van der Waals surface area contributed by atoms with Crippen molar-refractivity contribution in [1.82, 2.24) is 0 Å². The molecule has 168 valence electrons. The number of carboxylic acid groups (broad SMARTS) is 1. The summed E-state index contributed by atoms with van der Waals surface area (Å²) in [5.41, 5.74) is 0. The van der Waals surface area contributed by atoms with Crippen LogP contribution in [0.3, 0.4) is 0 Å². The normalized spacial score (nSPS) is 10.3. The molecule has 0 unspecified atom stereocenters. The molecule has 0 amide bonds. The van der Waals surface area contributed by atoms with Crippen LogP contribution in [0.15, 0.2) is 25.3 Å². The lowest BCUT2D eigenvalue weighted by Crippen LogP contribution is -2.15. The summed E-state index contributed by atoms with van der Waals surface area (Å²) in [5, 5.41) is 32.5. The smallest absolute Gasteiger partial charge is 0.303 e. The van der Waals surface area contributed by atoms with E-state index in [9.17, 15) is 4.79 Å². The van der Waals surface area contributed by atoms with Gasteiger partial charge < -0.3 is 20.4 Å². The van der Waals surface area contributed by atoms with Gasteiger partial charge in [-0.1, -0.05) is 70.4 Å². The average molecular weight is 403 g/mol. The highest BCUT2D eigenvalue weighted by atomic mass is 16.4. The van der Waals surface area contributed by atoms with Gasteiger partial charge in [0.1, 0.15) is 6.10 Å². The van der Waals surface area contributed by atoms with Crippen molar-refractivity contribution >= 4 is 5.97 Å². The molecule has 5 heteroatoms. The first-order chi connectivity index (χ1) is 13.6. The molecule has 0 aromatic carbocycles. The fraction of sp³-hybridized carbons (Fsp3) is 0.783. The van der Waals surface area contributed by atoms with Gasteiger partial charge in [0, 0.05) is 6.42 Å². The lowest BCUT2D eigenvalue weighted by molar-refractivity contribution is -0.137. The third-order valence-electron chi connectivity index (χ3n) is 4.07. The maximum absolute atomic E-state index is 10.3. The van der Waals surface area contributed by atoms with Gasteiger partial charge in [0.2, 0.25) is 0 Å². The number of rotatable bonds is 17. The van der Waals surface area contributed by atoms with E-state index in [1.165, 1.54) is 70.6 Å². The Labute approximate surface area is 173 Å². The Kier molecular flexibility index (Phi) is 34.4. The van der Waals surface area contributed by atoms with Gasteiger partial charge in [0.25, 0.3) is 0 Å². The standard InChI is InChI=1S/C18H34O2.C3H8O3.C2H4/c1-2-3-4-5-6-7-8-9-10-11-12-13-14-15-16-17-18(19)20;4-1-3(6)2-5;1-2/h9-10H,2-8,11-17H2,1H3,(H,19,20);3-6H,1-2H2;1-2H2. The number of allylic oxidation sites excluding steroid dienone is 2. The summed E-state index contributed by atoms with van der Waals surface area (Å²) < 4.78 is 0. The molecule has 0 radical (unpaired) electrons. The molecule has 0 aliphatic heterocycles. The van der Waals surface area contributed by atoms with Gasteiger partial charge in [0.15, 0.2) is 0 Å². The number of aliphatic hydroxyl groups excluding tert-OH is 3. The van der Waals surface area contributed by atoms with E-state index >= 15 is 0 Å². The van der Waals surface area contributed by atoms with Crippen LogP contribution in [0.1, 0.15) is 96.8 Å². The number of hydrogen-bond acceptors (Lipinski definition) is 4. The predicted molar refractivity (Wildman–Crippen MR) is 119 cm³/mol. The molecule has 0 rings (SSSR count). The summed E-state index contributed by atoms with van der Waals surface area (Å²) in [6, 6.07) is 0. The van der Waals surface area contributed by atoms with E-state index < -0.39 is 12.1 Å². The van der Waals surface area contributed by atoms with Crippen LogP contribution in [0, 0.1) is 0 Å². The Hall–Kier alpha value is -1.17. The van der Waals surface area contributed by atoms with E-state index in [0.29, 0.717) is 6.42 Å². The van der Waals surface area contributed by atoms with Crippen LogP contribution in [0.5, 0.6) is 0 Å². The predicted octanol–water partition coefficient (Wildman–Crippen LogP) is 5.24. The zero-order valence-corrected chi connectivity index (χ0v) is 18.2. The molecule has 0 heterocycles. The minimum Gasteiger partial charge on any atom is -0.481 e. The molecule has 0 aliphatic carbocycles. The second kappa shape index (κ2) is 30.6. The minimum absolute atomic E-state index is 0.332. The molecular formula is C23H46O5. The Morgan fingerprint density at radius 2 is 1.18 bits per heavy atom. The number of aliphatic hydroxyl groups is 3. The first-order valence-corrected chi connectivity index (χ1v) is 10.8. The minimum atomic E-state index is -0.954. The molecule has 28 heavy (non-hydrogen) atoms. The first kappa shape index (κ1) is 31.5. The molecule has 0 fully saturated rings. The van der Waals surface area contributed by atoms with E-state index in [2.05, 4.69) is 32.2 Å². The van der Waals surface area contributed by atoms with Crippen molar-refractivity contribution in [3.63, 3.8) is 0 Å². The molecular weight excluding hydrogens is 356 g/mol. The maximum atomic E-state index is 10.3. The second-order valence-corrected chi connectivity index (χ2v) is 6.75. The molecule has 5 nitrogen and oxygen atoms in total. The van der Waals surface area contributed by atoms with Gasteiger partial charge in [-0.3, -0.25) is 4.79 Å². The van der Waals surface area contributed by atoms with Crippen molar-refractivity contribution in [2.45, 2.75) is 103 Å². The van der Waals surface area contributed by atoms with Gasteiger partial charge in [-0.05, 0) is 32.1 Å². The fourth-order valence-corrected chi connectivity index (χ4v) is 2.40. The Morgan fingerprint density at radius 1 is 0.786 bits per heavy atom. The third kappa shape index (κ3) is 35.9. The zero-order chi connectivity index (χ0) is 21.9. The fourth-order valence-electron chi connectivity index (χ4n) is 2.40. The Bertz CT molecular complexity index is 314. The summed E-state index contributed by atoms with van der Waals surface area (Å²) in [6.07, 6.45) is 20.3. The van der Waals surface area contributed by atoms with Gasteiger partial charge in [-0.2, -0.15) is 0 Å². The maximum Gasteiger partial charge on any atom is 0.303 e. The summed E-state index contributed by atoms with van der Waals surface area (Å²) >= 11 is 0. The average Bonchev–Trinajstić information content (AvgIpc) is 2.72. The van der Waals surface area contributed by atoms with Crippen molar-refractivity contribution in [2.75, 3.05) is 13.2 Å². The number of unbranched alkanes of at least 4 members (excludes halogenated alkanes) is 11. The lowest BCUT2D eigenvalue weighted by atomic mass is 10.1. The highest BCUT2D eigenvalue weighted by Crippen LogP contribution is 2.09. The summed E-state index contributed by atoms with van der Waals surface area (Å²) in [6.45, 7) is 7.53. The summed E-state index contributed by atoms with van der Waals surface area (Å²) in [7, 11) is 0. The molecule has 0 bridgehead atoms. The summed E-state index contributed by atoms with van der Waals surface area (Å²) in [5.74, 6) is -0.664. The number of aliphatic carboxylic acids is 1. The molecule has 0 aromatic rings. The van der Waals surface area contributed by atoms with Crippen LogP contribution in [0.25, 0.3) is 0 Å². The number of hydrogen-bond donors (Lipinski definition) is 4. The number of carboxylic acids is 1. The van der Waals surface area contributed by atoms with Crippen LogP contribution < -0.4 is 0 Å². The number of carbonyl (C=O) groups is 1. The van der Waals surface area contributed by atoms with Crippen LogP contribution in [-0.4, -0.2) is 45.7 Å². The van der Waals surface area contributed by atoms with Crippen LogP contribution in [-0.2, 0) is 4.79 Å². The quantitative estimate of drug-likeness (QED) is 0.197. The Balaban J connectivity index is -0.000000660. The third-order valence-corrected chi connectivity index (χ3v) is 4.07. The van der Waals surface area contributed by atoms with E-state index in [1.54, 1.807) is 0 Å². The van der Waals surface area contributed by atoms with Crippen LogP contribution in [0.4, 0.5) is 0 Å². The second-order valence-electron chi connectivity index (χ2n) is 6.75. The van der Waals surface area contributed by atoms with Gasteiger partial charge in [-0.25, -0.2) is 0 Å². The molecule has 0 atom stereocenters. The van der Waals surface area contributed by atoms with Crippen molar-refractivity contribution in [3.05, 3.63) is 25.3 Å². The van der Waals surface area contributed by atoms with Gasteiger partial charge in [-0.15, -0.1) is 13.2 Å². The molecule has 0 aromatic heterocycles. The van der Waals surface area contributed by atoms with Gasteiger partial charge >= 0.3 is 5.97 Å². The lowest BCUT2D eigenvalue weighted by Gasteiger charge is -1.99. The van der Waals surface area contributed by atoms with E-state index in [4.69, 9.17) is 20.4 Å². The van der Waals surface area contributed by atoms with E-state index in [1.807, 2.05) is 0 Å². The van der Waals surface area contributed by atoms with Crippen molar-refractivity contribution in [1.29, 1.82) is 0 Å². The van der Waals surface area contributed by atoms with Crippen molar-refractivity contribution in [3.8, 4) is 0 Å². The highest BCUT2D eigenvalue weighted by molar-refractivity contribution is 5.66. The molecule has 0 aliphatic rings. The van der Waals surface area contributed by atoms with Crippen LogP contribution in [0.2, 0.25) is 0 Å². The van der Waals surface area contributed by atoms with Crippen molar-refractivity contribution < 1.29 is 25.2 Å². The highest BCUT2D eigenvalue weighted by Gasteiger charge is 1.96. The largest absolute Gasteiger partial charge is 0.481 e. The van der Waals surface area contributed by atoms with E-state index in [-0.39, 0.29) is 13.2 Å². The monoisotopic (exact) mass is 402 g/mol. The first-order valence-electron chi connectivity index (χ1n) is 10.8. The molecule has 0 saturated heterocycles. The molecule has 4 N–H and O–H groups in total. The SMILES string of the molecule is C=C.CCCCCCCCC=CCCCCCCCC(=O)O.OCC(O)CO. The molecule has 0 spiro atoms. The van der Waals surface area contributed by atoms with E-state index in [0.717, 1.165) is 12.8 Å². The van der Waals surface area contributed by atoms with Gasteiger partial charge in [0.05, 0.1) is 13.2 Å². The summed E-state index contributed by atoms with van der Waals surface area (Å²) in [4.78, 5) is 10.3.